The molecule has 0 bridgehead atoms. The van der Waals surface area contributed by atoms with Gasteiger partial charge in [0.25, 0.3) is 5.91 Å². The average molecular weight is 444 g/mol. The average Bonchev–Trinajstić information content (AvgIpc) is 2.80. The zero-order valence-corrected chi connectivity index (χ0v) is 21.6. The molecule has 32 heavy (non-hydrogen) atoms. The molecule has 1 aromatic carbocycles. The smallest absolute Gasteiger partial charge is 0.251 e. The predicted molar refractivity (Wildman–Crippen MR) is 142 cm³/mol. The van der Waals surface area contributed by atoms with Crippen LogP contribution in [0.15, 0.2) is 24.3 Å². The Kier molecular flexibility index (Phi) is 19.3. The standard InChI is InChI=1S/C30H53NO/c1-3-4-5-6-7-8-9-10-11-12-13-14-15-16-17-18-19-20-21-24-27-31-30(32)29-26-23-22-25-28(29)2/h22-23,25-26H,3-21,24,27H2,1-2H3,(H,31,32). The van der Waals surface area contributed by atoms with Crippen molar-refractivity contribution in [1.29, 1.82) is 0 Å². The van der Waals surface area contributed by atoms with E-state index in [1.165, 1.54) is 122 Å². The number of hydrogen-bond acceptors (Lipinski definition) is 1. The molecule has 0 aliphatic carbocycles. The highest BCUT2D eigenvalue weighted by Crippen LogP contribution is 2.15. The van der Waals surface area contributed by atoms with Crippen molar-refractivity contribution < 1.29 is 4.79 Å². The van der Waals surface area contributed by atoms with Gasteiger partial charge in [-0.2, -0.15) is 0 Å². The minimum atomic E-state index is 0.0703. The van der Waals surface area contributed by atoms with E-state index in [4.69, 9.17) is 0 Å². The lowest BCUT2D eigenvalue weighted by atomic mass is 10.0. The van der Waals surface area contributed by atoms with Gasteiger partial charge in [0.05, 0.1) is 0 Å². The maximum atomic E-state index is 12.2. The number of hydrogen-bond donors (Lipinski definition) is 1. The number of unbranched alkanes of at least 4 members (excludes halogenated alkanes) is 19. The van der Waals surface area contributed by atoms with Gasteiger partial charge in [0, 0.05) is 12.1 Å². The van der Waals surface area contributed by atoms with Gasteiger partial charge in [0.1, 0.15) is 0 Å². The van der Waals surface area contributed by atoms with Crippen LogP contribution >= 0.6 is 0 Å². The molecule has 1 amide bonds. The molecule has 0 aliphatic rings. The molecule has 1 N–H and O–H groups in total. The van der Waals surface area contributed by atoms with Crippen molar-refractivity contribution in [3.63, 3.8) is 0 Å². The minimum absolute atomic E-state index is 0.0703. The highest BCUT2D eigenvalue weighted by molar-refractivity contribution is 5.95. The first-order chi connectivity index (χ1) is 15.8. The summed E-state index contributed by atoms with van der Waals surface area (Å²) in [6.45, 7) is 5.08. The van der Waals surface area contributed by atoms with Gasteiger partial charge in [0.15, 0.2) is 0 Å². The van der Waals surface area contributed by atoms with E-state index in [1.54, 1.807) is 0 Å². The summed E-state index contributed by atoms with van der Waals surface area (Å²) in [5.74, 6) is 0.0703. The molecule has 0 aliphatic heterocycles. The summed E-state index contributed by atoms with van der Waals surface area (Å²) in [6, 6.07) is 7.81. The third-order valence-electron chi connectivity index (χ3n) is 6.71. The minimum Gasteiger partial charge on any atom is -0.352 e. The van der Waals surface area contributed by atoms with Crippen LogP contribution in [-0.4, -0.2) is 12.5 Å². The lowest BCUT2D eigenvalue weighted by molar-refractivity contribution is 0.0952. The molecule has 0 radical (unpaired) electrons. The fourth-order valence-electron chi connectivity index (χ4n) is 4.51. The number of nitrogens with one attached hydrogen (secondary N) is 1. The Bertz CT molecular complexity index is 554. The molecule has 2 heteroatoms. The Morgan fingerprint density at radius 2 is 0.969 bits per heavy atom. The van der Waals surface area contributed by atoms with E-state index in [0.717, 1.165) is 24.1 Å². The van der Waals surface area contributed by atoms with Crippen molar-refractivity contribution in [2.45, 2.75) is 142 Å². The highest BCUT2D eigenvalue weighted by atomic mass is 16.1. The Morgan fingerprint density at radius 1 is 0.594 bits per heavy atom. The van der Waals surface area contributed by atoms with Gasteiger partial charge in [-0.25, -0.2) is 0 Å². The molecule has 2 nitrogen and oxygen atoms in total. The Morgan fingerprint density at radius 3 is 1.38 bits per heavy atom. The molecular weight excluding hydrogens is 390 g/mol. The van der Waals surface area contributed by atoms with Crippen molar-refractivity contribution >= 4 is 5.91 Å². The third-order valence-corrected chi connectivity index (χ3v) is 6.71. The number of aryl methyl sites for hydroxylation is 1. The van der Waals surface area contributed by atoms with Gasteiger partial charge in [0.2, 0.25) is 0 Å². The van der Waals surface area contributed by atoms with Crippen LogP contribution in [0.3, 0.4) is 0 Å². The zero-order valence-electron chi connectivity index (χ0n) is 21.6. The largest absolute Gasteiger partial charge is 0.352 e. The number of rotatable bonds is 22. The monoisotopic (exact) mass is 443 g/mol. The van der Waals surface area contributed by atoms with Crippen molar-refractivity contribution in [2.24, 2.45) is 0 Å². The van der Waals surface area contributed by atoms with Gasteiger partial charge in [-0.05, 0) is 25.0 Å². The van der Waals surface area contributed by atoms with E-state index in [9.17, 15) is 4.79 Å². The van der Waals surface area contributed by atoms with Crippen LogP contribution in [0.1, 0.15) is 151 Å². The summed E-state index contributed by atoms with van der Waals surface area (Å²) in [5.41, 5.74) is 1.86. The molecule has 0 atom stereocenters. The van der Waals surface area contributed by atoms with E-state index in [2.05, 4.69) is 12.2 Å². The summed E-state index contributed by atoms with van der Waals surface area (Å²) in [6.07, 6.45) is 28.0. The first-order valence-electron chi connectivity index (χ1n) is 14.1. The fourth-order valence-corrected chi connectivity index (χ4v) is 4.51. The van der Waals surface area contributed by atoms with Crippen molar-refractivity contribution in [1.82, 2.24) is 5.32 Å². The van der Waals surface area contributed by atoms with Crippen molar-refractivity contribution in [3.8, 4) is 0 Å². The molecule has 0 spiro atoms. The van der Waals surface area contributed by atoms with E-state index in [1.807, 2.05) is 31.2 Å². The van der Waals surface area contributed by atoms with Crippen LogP contribution in [0.5, 0.6) is 0 Å². The summed E-state index contributed by atoms with van der Waals surface area (Å²) < 4.78 is 0. The second-order valence-electron chi connectivity index (χ2n) is 9.79. The molecule has 0 aromatic heterocycles. The number of amides is 1. The summed E-state index contributed by atoms with van der Waals surface area (Å²) in [7, 11) is 0. The maximum absolute atomic E-state index is 12.2. The summed E-state index contributed by atoms with van der Waals surface area (Å²) in [4.78, 5) is 12.2. The zero-order chi connectivity index (χ0) is 23.1. The van der Waals surface area contributed by atoms with Crippen molar-refractivity contribution in [2.75, 3.05) is 6.54 Å². The van der Waals surface area contributed by atoms with Gasteiger partial charge >= 0.3 is 0 Å². The quantitative estimate of drug-likeness (QED) is 0.178. The SMILES string of the molecule is CCCCCCCCCCCCCCCCCCCCCCNC(=O)c1ccccc1C. The van der Waals surface area contributed by atoms with E-state index in [-0.39, 0.29) is 5.91 Å². The molecule has 1 aromatic rings. The lowest BCUT2D eigenvalue weighted by Gasteiger charge is -2.07. The third kappa shape index (κ3) is 16.3. The molecule has 0 fully saturated rings. The van der Waals surface area contributed by atoms with Crippen LogP contribution in [0.4, 0.5) is 0 Å². The van der Waals surface area contributed by atoms with E-state index in [0.29, 0.717) is 0 Å². The Hall–Kier alpha value is -1.31. The normalized spacial score (nSPS) is 11.1. The first-order valence-corrected chi connectivity index (χ1v) is 14.1. The van der Waals surface area contributed by atoms with Crippen LogP contribution in [0.2, 0.25) is 0 Å². The Balaban J connectivity index is 1.74. The van der Waals surface area contributed by atoms with Crippen LogP contribution in [-0.2, 0) is 0 Å². The molecule has 0 heterocycles. The predicted octanol–water partition coefficient (Wildman–Crippen LogP) is 9.55. The number of benzene rings is 1. The topological polar surface area (TPSA) is 29.1 Å². The highest BCUT2D eigenvalue weighted by Gasteiger charge is 2.06. The maximum Gasteiger partial charge on any atom is 0.251 e. The molecule has 0 saturated carbocycles. The van der Waals surface area contributed by atoms with Gasteiger partial charge in [-0.15, -0.1) is 0 Å². The van der Waals surface area contributed by atoms with Crippen LogP contribution < -0.4 is 5.32 Å². The molecular formula is C30H53NO. The number of carbonyl (C=O) groups excluding carboxylic acids is 1. The summed E-state index contributed by atoms with van der Waals surface area (Å²) >= 11 is 0. The van der Waals surface area contributed by atoms with Gasteiger partial charge < -0.3 is 5.32 Å². The summed E-state index contributed by atoms with van der Waals surface area (Å²) in [5, 5.41) is 3.06. The first kappa shape index (κ1) is 28.7. The lowest BCUT2D eigenvalue weighted by Crippen LogP contribution is -2.25. The number of carbonyl (C=O) groups is 1. The van der Waals surface area contributed by atoms with Gasteiger partial charge in [-0.3, -0.25) is 4.79 Å². The molecule has 0 saturated heterocycles. The molecule has 0 unspecified atom stereocenters. The molecule has 1 rings (SSSR count). The van der Waals surface area contributed by atoms with E-state index >= 15 is 0 Å². The van der Waals surface area contributed by atoms with Gasteiger partial charge in [-0.1, -0.05) is 147 Å². The fraction of sp³-hybridized carbons (Fsp3) is 0.767. The molecule has 184 valence electrons. The second kappa shape index (κ2) is 21.5. The van der Waals surface area contributed by atoms with Crippen molar-refractivity contribution in [3.05, 3.63) is 35.4 Å². The Labute approximate surface area is 200 Å². The van der Waals surface area contributed by atoms with E-state index < -0.39 is 0 Å². The van der Waals surface area contributed by atoms with Crippen LogP contribution in [0.25, 0.3) is 0 Å². The second-order valence-corrected chi connectivity index (χ2v) is 9.79. The van der Waals surface area contributed by atoms with Crippen LogP contribution in [0, 0.1) is 6.92 Å².